The number of aliphatic imine (C=N–C) groups is 1. The predicted molar refractivity (Wildman–Crippen MR) is 112 cm³/mol. The topological polar surface area (TPSA) is 108 Å². The average Bonchev–Trinajstić information content (AvgIpc) is 3.31. The minimum Gasteiger partial charge on any atom is -0.354 e. The number of nitrogens with zero attached hydrogens (tertiary/aromatic N) is 4. The first-order chi connectivity index (χ1) is 14.1. The van der Waals surface area contributed by atoms with Gasteiger partial charge in [0.05, 0.1) is 29.5 Å². The van der Waals surface area contributed by atoms with Gasteiger partial charge in [-0.05, 0) is 44.7 Å². The second-order valence-electron chi connectivity index (χ2n) is 7.99. The van der Waals surface area contributed by atoms with Crippen LogP contribution in [0.3, 0.4) is 0 Å². The van der Waals surface area contributed by atoms with E-state index < -0.39 is 0 Å². The van der Waals surface area contributed by atoms with Crippen molar-refractivity contribution in [1.82, 2.24) is 25.3 Å². The van der Waals surface area contributed by atoms with Crippen molar-refractivity contribution in [2.24, 2.45) is 10.9 Å². The molecule has 0 aromatic carbocycles. The van der Waals surface area contributed by atoms with E-state index in [4.69, 9.17) is 0 Å². The third-order valence-corrected chi connectivity index (χ3v) is 5.52. The molecule has 2 aliphatic rings. The first-order valence-corrected chi connectivity index (χ1v) is 9.99. The monoisotopic (exact) mass is 389 g/mol. The summed E-state index contributed by atoms with van der Waals surface area (Å²) in [4.78, 5) is 33.6. The van der Waals surface area contributed by atoms with Crippen LogP contribution < -0.4 is 10.6 Å². The zero-order valence-corrected chi connectivity index (χ0v) is 16.5. The summed E-state index contributed by atoms with van der Waals surface area (Å²) in [5, 5.41) is 7.40. The molecule has 0 fully saturated rings. The van der Waals surface area contributed by atoms with Gasteiger partial charge in [-0.15, -0.1) is 0 Å². The maximum atomic E-state index is 12.6. The van der Waals surface area contributed by atoms with Gasteiger partial charge in [0.2, 0.25) is 5.91 Å². The normalized spacial score (nSPS) is 17.4. The quantitative estimate of drug-likeness (QED) is 0.636. The van der Waals surface area contributed by atoms with Crippen LogP contribution >= 0.6 is 0 Å². The van der Waals surface area contributed by atoms with Crippen molar-refractivity contribution in [1.29, 1.82) is 0 Å². The maximum absolute atomic E-state index is 12.6. The Kier molecular flexibility index (Phi) is 4.26. The van der Waals surface area contributed by atoms with Gasteiger partial charge < -0.3 is 15.6 Å². The number of nitrogens with one attached hydrogen (secondary N) is 3. The number of carbonyl (C=O) groups excluding carboxylic acids is 1. The molecule has 29 heavy (non-hydrogen) atoms. The molecule has 5 rings (SSSR count). The zero-order valence-electron chi connectivity index (χ0n) is 16.5. The molecule has 148 valence electrons. The van der Waals surface area contributed by atoms with E-state index in [9.17, 15) is 4.79 Å². The number of fused-ring (bicyclic) bond motifs is 4. The van der Waals surface area contributed by atoms with Gasteiger partial charge in [-0.25, -0.2) is 9.97 Å². The Labute approximate surface area is 168 Å². The first kappa shape index (κ1) is 17.8. The lowest BCUT2D eigenvalue weighted by Gasteiger charge is -2.23. The van der Waals surface area contributed by atoms with Crippen LogP contribution in [0, 0.1) is 5.92 Å². The Morgan fingerprint density at radius 3 is 3.03 bits per heavy atom. The number of carbonyl (C=O) groups is 1. The molecule has 1 aliphatic heterocycles. The lowest BCUT2D eigenvalue weighted by Crippen LogP contribution is -2.37. The number of hydrogen-bond acceptors (Lipinski definition) is 6. The molecule has 0 bridgehead atoms. The Hall–Kier alpha value is -3.29. The molecule has 0 saturated carbocycles. The molecule has 1 aliphatic carbocycles. The molecule has 3 aromatic rings. The van der Waals surface area contributed by atoms with Crippen LogP contribution in [0.15, 0.2) is 23.6 Å². The van der Waals surface area contributed by atoms with E-state index in [0.717, 1.165) is 57.9 Å². The average molecular weight is 389 g/mol. The van der Waals surface area contributed by atoms with Crippen molar-refractivity contribution >= 4 is 34.7 Å². The van der Waals surface area contributed by atoms with Crippen molar-refractivity contribution in [3.63, 3.8) is 0 Å². The summed E-state index contributed by atoms with van der Waals surface area (Å²) in [5.74, 6) is 0.817. The van der Waals surface area contributed by atoms with E-state index in [1.54, 1.807) is 12.5 Å². The highest BCUT2D eigenvalue weighted by molar-refractivity contribution is 5.94. The fourth-order valence-corrected chi connectivity index (χ4v) is 4.15. The standard InChI is InChI=1S/C21H23N7O/c1-11(2)26-21(29)12-3-4-16-15(6-12)18-19(24-10-25-20(18)28-16)27-14-5-13-7-22-9-17(13)23-8-14/h5,7-8,10-12H,3-4,6,9H2,1-2H3,(H,26,29)(H2,24,25,27,28). The summed E-state index contributed by atoms with van der Waals surface area (Å²) in [6.07, 6.45) is 7.56. The molecule has 3 N–H and O–H groups in total. The van der Waals surface area contributed by atoms with Crippen LogP contribution in [0.4, 0.5) is 11.5 Å². The maximum Gasteiger partial charge on any atom is 0.223 e. The molecule has 0 spiro atoms. The predicted octanol–water partition coefficient (Wildman–Crippen LogP) is 2.66. The highest BCUT2D eigenvalue weighted by Gasteiger charge is 2.29. The molecular formula is C21H23N7O. The van der Waals surface area contributed by atoms with Crippen LogP contribution in [-0.2, 0) is 24.2 Å². The van der Waals surface area contributed by atoms with Crippen molar-refractivity contribution in [2.75, 3.05) is 5.32 Å². The zero-order chi connectivity index (χ0) is 20.0. The largest absolute Gasteiger partial charge is 0.354 e. The van der Waals surface area contributed by atoms with Crippen LogP contribution in [0.25, 0.3) is 11.0 Å². The lowest BCUT2D eigenvalue weighted by atomic mass is 9.86. The number of aromatic amines is 1. The van der Waals surface area contributed by atoms with Crippen molar-refractivity contribution in [2.45, 2.75) is 45.7 Å². The van der Waals surface area contributed by atoms with Gasteiger partial charge in [-0.3, -0.25) is 14.8 Å². The van der Waals surface area contributed by atoms with Gasteiger partial charge in [-0.2, -0.15) is 0 Å². The van der Waals surface area contributed by atoms with Gasteiger partial charge in [0, 0.05) is 29.4 Å². The summed E-state index contributed by atoms with van der Waals surface area (Å²) in [5.41, 5.74) is 5.96. The van der Waals surface area contributed by atoms with Crippen LogP contribution in [-0.4, -0.2) is 38.1 Å². The SMILES string of the molecule is CC(C)NC(=O)C1CCc2[nH]c3ncnc(Nc4cnc5c(c4)C=NC5)c3c2C1. The number of H-pyrrole nitrogens is 1. The third-order valence-electron chi connectivity index (χ3n) is 5.52. The van der Waals surface area contributed by atoms with E-state index >= 15 is 0 Å². The summed E-state index contributed by atoms with van der Waals surface area (Å²) in [6, 6.07) is 2.17. The van der Waals surface area contributed by atoms with E-state index in [1.165, 1.54) is 0 Å². The number of rotatable bonds is 4. The molecule has 8 heteroatoms. The summed E-state index contributed by atoms with van der Waals surface area (Å²) < 4.78 is 0. The molecule has 0 saturated heterocycles. The molecule has 1 atom stereocenters. The second kappa shape index (κ2) is 6.95. The molecule has 8 nitrogen and oxygen atoms in total. The van der Waals surface area contributed by atoms with Crippen LogP contribution in [0.5, 0.6) is 0 Å². The lowest BCUT2D eigenvalue weighted by molar-refractivity contribution is -0.125. The van der Waals surface area contributed by atoms with Crippen molar-refractivity contribution in [3.05, 3.63) is 41.1 Å². The van der Waals surface area contributed by atoms with Crippen molar-refractivity contribution in [3.8, 4) is 0 Å². The molecule has 4 heterocycles. The van der Waals surface area contributed by atoms with E-state index in [1.807, 2.05) is 26.1 Å². The van der Waals surface area contributed by atoms with Crippen LogP contribution in [0.2, 0.25) is 0 Å². The highest BCUT2D eigenvalue weighted by atomic mass is 16.1. The molecular weight excluding hydrogens is 366 g/mol. The fraction of sp³-hybridized carbons (Fsp3) is 0.381. The van der Waals surface area contributed by atoms with E-state index in [0.29, 0.717) is 13.0 Å². The molecule has 3 aromatic heterocycles. The third kappa shape index (κ3) is 3.24. The summed E-state index contributed by atoms with van der Waals surface area (Å²) >= 11 is 0. The molecule has 1 unspecified atom stereocenters. The fourth-order valence-electron chi connectivity index (χ4n) is 4.15. The number of aryl methyl sites for hydroxylation is 1. The number of pyridine rings is 1. The summed E-state index contributed by atoms with van der Waals surface area (Å²) in [6.45, 7) is 4.62. The van der Waals surface area contributed by atoms with E-state index in [2.05, 4.69) is 35.6 Å². The minimum absolute atomic E-state index is 0.0326. The van der Waals surface area contributed by atoms with Gasteiger partial charge >= 0.3 is 0 Å². The first-order valence-electron chi connectivity index (χ1n) is 9.99. The minimum atomic E-state index is -0.0326. The Morgan fingerprint density at radius 1 is 1.28 bits per heavy atom. The second-order valence-corrected chi connectivity index (χ2v) is 7.99. The number of aromatic nitrogens is 4. The highest BCUT2D eigenvalue weighted by Crippen LogP contribution is 2.35. The Balaban J connectivity index is 1.49. The van der Waals surface area contributed by atoms with Gasteiger partial charge in [0.15, 0.2) is 0 Å². The number of anilines is 2. The summed E-state index contributed by atoms with van der Waals surface area (Å²) in [7, 11) is 0. The van der Waals surface area contributed by atoms with E-state index in [-0.39, 0.29) is 17.9 Å². The van der Waals surface area contributed by atoms with Gasteiger partial charge in [0.1, 0.15) is 17.8 Å². The van der Waals surface area contributed by atoms with Gasteiger partial charge in [-0.1, -0.05) is 0 Å². The van der Waals surface area contributed by atoms with Gasteiger partial charge in [0.25, 0.3) is 0 Å². The smallest absolute Gasteiger partial charge is 0.223 e. The van der Waals surface area contributed by atoms with Crippen LogP contribution in [0.1, 0.15) is 42.8 Å². The Bertz CT molecular complexity index is 1130. The molecule has 0 radical (unpaired) electrons. The number of hydrogen-bond donors (Lipinski definition) is 3. The van der Waals surface area contributed by atoms with Crippen molar-refractivity contribution < 1.29 is 4.79 Å². The number of amides is 1. The molecule has 1 amide bonds. The Morgan fingerprint density at radius 2 is 2.17 bits per heavy atom.